The third kappa shape index (κ3) is 4.70. The molecule has 0 spiro atoms. The average molecular weight is 510 g/mol. The maximum atomic E-state index is 11.8. The summed E-state index contributed by atoms with van der Waals surface area (Å²) in [5.41, 5.74) is 7.50. The van der Waals surface area contributed by atoms with Crippen molar-refractivity contribution in [2.75, 3.05) is 19.8 Å². The second-order valence-electron chi connectivity index (χ2n) is 10.1. The fraction of sp³-hybridized carbons (Fsp3) is 0.323. The van der Waals surface area contributed by atoms with Crippen molar-refractivity contribution in [1.29, 1.82) is 0 Å². The van der Waals surface area contributed by atoms with Crippen molar-refractivity contribution in [2.45, 2.75) is 45.2 Å². The lowest BCUT2D eigenvalue weighted by atomic mass is 9.93. The maximum Gasteiger partial charge on any atom is 0.320 e. The molecule has 0 bridgehead atoms. The van der Waals surface area contributed by atoms with E-state index >= 15 is 0 Å². The average Bonchev–Trinajstić information content (AvgIpc) is 2.94. The summed E-state index contributed by atoms with van der Waals surface area (Å²) in [6.45, 7) is 4.68. The van der Waals surface area contributed by atoms with Gasteiger partial charge in [0.05, 0.1) is 11.2 Å². The van der Waals surface area contributed by atoms with E-state index in [2.05, 4.69) is 42.2 Å². The molecule has 1 saturated heterocycles. The Bertz CT molecular complexity index is 1500. The number of nitrogens with zero attached hydrogens (tertiary/aromatic N) is 3. The topological polar surface area (TPSA) is 84.8 Å². The zero-order valence-electron chi connectivity index (χ0n) is 21.5. The highest BCUT2D eigenvalue weighted by Gasteiger charge is 2.28. The van der Waals surface area contributed by atoms with Gasteiger partial charge in [0.1, 0.15) is 19.3 Å². The predicted molar refractivity (Wildman–Crippen MR) is 146 cm³/mol. The minimum absolute atomic E-state index is 0.431. The molecule has 1 atom stereocenters. The van der Waals surface area contributed by atoms with Crippen molar-refractivity contribution in [3.63, 3.8) is 0 Å². The molecule has 7 heteroatoms. The zero-order valence-corrected chi connectivity index (χ0v) is 21.5. The van der Waals surface area contributed by atoms with Gasteiger partial charge in [0.15, 0.2) is 11.5 Å². The molecular formula is C31H31N3O4. The van der Waals surface area contributed by atoms with Crippen LogP contribution in [0.2, 0.25) is 0 Å². The fourth-order valence-corrected chi connectivity index (χ4v) is 5.72. The number of aromatic nitrogens is 2. The lowest BCUT2D eigenvalue weighted by molar-refractivity contribution is -0.144. The Morgan fingerprint density at radius 2 is 1.84 bits per heavy atom. The van der Waals surface area contributed by atoms with Gasteiger partial charge in [0, 0.05) is 30.7 Å². The molecular weight excluding hydrogens is 478 g/mol. The Balaban J connectivity index is 1.31. The Morgan fingerprint density at radius 1 is 1.00 bits per heavy atom. The Labute approximate surface area is 222 Å². The molecule has 1 unspecified atom stereocenters. The number of hydrogen-bond donors (Lipinski definition) is 1. The summed E-state index contributed by atoms with van der Waals surface area (Å²) in [7, 11) is 0. The number of ether oxygens (including phenoxy) is 2. The quantitative estimate of drug-likeness (QED) is 0.372. The van der Waals surface area contributed by atoms with Gasteiger partial charge in [0.25, 0.3) is 0 Å². The van der Waals surface area contributed by atoms with E-state index in [9.17, 15) is 9.90 Å². The molecule has 0 radical (unpaired) electrons. The second kappa shape index (κ2) is 10.4. The van der Waals surface area contributed by atoms with Crippen LogP contribution >= 0.6 is 0 Å². The van der Waals surface area contributed by atoms with Gasteiger partial charge in [-0.15, -0.1) is 0 Å². The molecule has 4 aromatic rings. The van der Waals surface area contributed by atoms with Gasteiger partial charge in [-0.3, -0.25) is 19.7 Å². The van der Waals surface area contributed by atoms with E-state index in [0.717, 1.165) is 64.2 Å². The zero-order chi connectivity index (χ0) is 26.1. The van der Waals surface area contributed by atoms with Crippen molar-refractivity contribution in [3.8, 4) is 22.6 Å². The van der Waals surface area contributed by atoms with Crippen LogP contribution in [0.25, 0.3) is 22.0 Å². The van der Waals surface area contributed by atoms with E-state index < -0.39 is 12.0 Å². The third-order valence-electron chi connectivity index (χ3n) is 7.75. The lowest BCUT2D eigenvalue weighted by Gasteiger charge is -2.33. The Hall–Kier alpha value is -3.97. The molecule has 2 aromatic heterocycles. The first-order valence-corrected chi connectivity index (χ1v) is 13.3. The molecule has 0 amide bonds. The first kappa shape index (κ1) is 24.4. The molecule has 2 aliphatic rings. The number of carboxylic acid groups (broad SMARTS) is 1. The van der Waals surface area contributed by atoms with Crippen molar-refractivity contribution in [1.82, 2.24) is 14.9 Å². The molecule has 2 aromatic carbocycles. The molecule has 0 saturated carbocycles. The number of benzene rings is 2. The molecule has 0 aliphatic carbocycles. The maximum absolute atomic E-state index is 11.8. The SMILES string of the molecule is Cc1c(Cc2nccc3c(CN4CCCCC4C(=O)O)ccnc23)cccc1-c1ccc2c(c1)OCCO2. The van der Waals surface area contributed by atoms with E-state index in [1.807, 2.05) is 30.6 Å². The summed E-state index contributed by atoms with van der Waals surface area (Å²) >= 11 is 0. The number of carboxylic acids is 1. The van der Waals surface area contributed by atoms with E-state index in [1.165, 1.54) is 11.1 Å². The van der Waals surface area contributed by atoms with Gasteiger partial charge in [-0.1, -0.05) is 30.7 Å². The monoisotopic (exact) mass is 509 g/mol. The van der Waals surface area contributed by atoms with E-state index in [-0.39, 0.29) is 0 Å². The van der Waals surface area contributed by atoms with Crippen LogP contribution in [0.3, 0.4) is 0 Å². The van der Waals surface area contributed by atoms with Gasteiger partial charge >= 0.3 is 5.97 Å². The first-order chi connectivity index (χ1) is 18.6. The lowest BCUT2D eigenvalue weighted by Crippen LogP contribution is -2.44. The summed E-state index contributed by atoms with van der Waals surface area (Å²) in [4.78, 5) is 23.4. The first-order valence-electron chi connectivity index (χ1n) is 13.3. The van der Waals surface area contributed by atoms with Crippen LogP contribution in [-0.2, 0) is 17.8 Å². The van der Waals surface area contributed by atoms with Crippen LogP contribution in [0.5, 0.6) is 11.5 Å². The molecule has 4 heterocycles. The number of likely N-dealkylation sites (tertiary alicyclic amines) is 1. The minimum Gasteiger partial charge on any atom is -0.486 e. The number of hydrogen-bond acceptors (Lipinski definition) is 6. The summed E-state index contributed by atoms with van der Waals surface area (Å²) in [6.07, 6.45) is 7.00. The number of aliphatic carboxylic acids is 1. The number of rotatable bonds is 6. The molecule has 7 nitrogen and oxygen atoms in total. The summed E-state index contributed by atoms with van der Waals surface area (Å²) < 4.78 is 11.5. The minimum atomic E-state index is -0.737. The number of carbonyl (C=O) groups is 1. The van der Waals surface area contributed by atoms with Crippen molar-refractivity contribution in [3.05, 3.63) is 83.3 Å². The smallest absolute Gasteiger partial charge is 0.320 e. The van der Waals surface area contributed by atoms with E-state index in [1.54, 1.807) is 0 Å². The standard InChI is InChI=1S/C31H31N3O4/c1-20-21(5-4-6-24(20)22-8-9-28-29(18-22)38-16-15-37-28)17-26-30-25(11-13-32-26)23(10-12-33-30)19-34-14-3-2-7-27(34)31(35)36/h4-6,8-13,18,27H,2-3,7,14-17,19H2,1H3,(H,35,36). The molecule has 194 valence electrons. The van der Waals surface area contributed by atoms with Crippen LogP contribution in [0.15, 0.2) is 60.9 Å². The van der Waals surface area contributed by atoms with Crippen LogP contribution in [0.4, 0.5) is 0 Å². The van der Waals surface area contributed by atoms with Gasteiger partial charge < -0.3 is 14.6 Å². The molecule has 6 rings (SSSR count). The summed E-state index contributed by atoms with van der Waals surface area (Å²) in [5.74, 6) is 0.832. The number of piperidine rings is 1. The normalized spacial score (nSPS) is 17.4. The molecule has 1 N–H and O–H groups in total. The molecule has 2 aliphatic heterocycles. The van der Waals surface area contributed by atoms with Crippen LogP contribution < -0.4 is 9.47 Å². The Morgan fingerprint density at radius 3 is 2.71 bits per heavy atom. The van der Waals surface area contributed by atoms with Crippen molar-refractivity contribution >= 4 is 16.9 Å². The highest BCUT2D eigenvalue weighted by atomic mass is 16.6. The third-order valence-corrected chi connectivity index (χ3v) is 7.75. The van der Waals surface area contributed by atoms with Crippen LogP contribution in [0.1, 0.15) is 41.6 Å². The number of fused-ring (bicyclic) bond motifs is 2. The Kier molecular flexibility index (Phi) is 6.68. The molecule has 38 heavy (non-hydrogen) atoms. The fourth-order valence-electron chi connectivity index (χ4n) is 5.72. The number of pyridine rings is 2. The van der Waals surface area contributed by atoms with Gasteiger partial charge in [-0.25, -0.2) is 0 Å². The van der Waals surface area contributed by atoms with E-state index in [0.29, 0.717) is 32.6 Å². The van der Waals surface area contributed by atoms with E-state index in [4.69, 9.17) is 19.4 Å². The van der Waals surface area contributed by atoms with Crippen molar-refractivity contribution < 1.29 is 19.4 Å². The van der Waals surface area contributed by atoms with Gasteiger partial charge in [0.2, 0.25) is 0 Å². The second-order valence-corrected chi connectivity index (χ2v) is 10.1. The summed E-state index contributed by atoms with van der Waals surface area (Å²) in [5, 5.41) is 10.8. The van der Waals surface area contributed by atoms with Crippen LogP contribution in [0, 0.1) is 6.92 Å². The highest BCUT2D eigenvalue weighted by molar-refractivity contribution is 5.84. The van der Waals surface area contributed by atoms with Crippen LogP contribution in [-0.4, -0.2) is 51.7 Å². The largest absolute Gasteiger partial charge is 0.486 e. The van der Waals surface area contributed by atoms with Gasteiger partial charge in [-0.2, -0.15) is 0 Å². The summed E-state index contributed by atoms with van der Waals surface area (Å²) in [6, 6.07) is 16.0. The molecule has 1 fully saturated rings. The van der Waals surface area contributed by atoms with Gasteiger partial charge in [-0.05, 0) is 78.4 Å². The van der Waals surface area contributed by atoms with Crippen molar-refractivity contribution in [2.24, 2.45) is 0 Å². The predicted octanol–water partition coefficient (Wildman–Crippen LogP) is 5.41. The highest BCUT2D eigenvalue weighted by Crippen LogP contribution is 2.36.